The zero-order valence-electron chi connectivity index (χ0n) is 10.0. The van der Waals surface area contributed by atoms with Crippen molar-refractivity contribution in [2.24, 2.45) is 0 Å². The maximum atomic E-state index is 10.6. The smallest absolute Gasteiger partial charge is 0.303 e. The van der Waals surface area contributed by atoms with Crippen LogP contribution in [-0.2, 0) is 17.8 Å². The minimum atomic E-state index is -0.741. The first-order chi connectivity index (χ1) is 8.22. The molecule has 2 rings (SSSR count). The van der Waals surface area contributed by atoms with Gasteiger partial charge in [0.1, 0.15) is 0 Å². The van der Waals surface area contributed by atoms with Gasteiger partial charge in [-0.25, -0.2) is 0 Å². The minimum absolute atomic E-state index is 0.193. The molecule has 3 heteroatoms. The van der Waals surface area contributed by atoms with Gasteiger partial charge in [-0.2, -0.15) is 0 Å². The highest BCUT2D eigenvalue weighted by Gasteiger charge is 2.06. The van der Waals surface area contributed by atoms with Crippen molar-refractivity contribution in [1.29, 1.82) is 0 Å². The van der Waals surface area contributed by atoms with Crippen LogP contribution in [0.5, 0.6) is 0 Å². The van der Waals surface area contributed by atoms with Crippen LogP contribution in [0.25, 0.3) is 10.9 Å². The van der Waals surface area contributed by atoms with Crippen molar-refractivity contribution in [3.63, 3.8) is 0 Å². The lowest BCUT2D eigenvalue weighted by Crippen LogP contribution is -1.98. The highest BCUT2D eigenvalue weighted by molar-refractivity contribution is 5.84. The average molecular weight is 231 g/mol. The van der Waals surface area contributed by atoms with E-state index >= 15 is 0 Å². The molecule has 1 aromatic heterocycles. The Balaban J connectivity index is 2.34. The molecule has 0 aliphatic heterocycles. The zero-order valence-corrected chi connectivity index (χ0v) is 10.0. The molecule has 1 N–H and O–H groups in total. The normalized spacial score (nSPS) is 10.9. The number of hydrogen-bond acceptors (Lipinski definition) is 1. The summed E-state index contributed by atoms with van der Waals surface area (Å²) >= 11 is 0. The van der Waals surface area contributed by atoms with E-state index in [1.54, 1.807) is 0 Å². The van der Waals surface area contributed by atoms with Crippen LogP contribution in [0, 0.1) is 0 Å². The van der Waals surface area contributed by atoms with Crippen LogP contribution in [0.4, 0.5) is 0 Å². The summed E-state index contributed by atoms with van der Waals surface area (Å²) in [5.41, 5.74) is 2.33. The van der Waals surface area contributed by atoms with E-state index < -0.39 is 5.97 Å². The van der Waals surface area contributed by atoms with Crippen LogP contribution in [0.2, 0.25) is 0 Å². The molecule has 0 atom stereocenters. The van der Waals surface area contributed by atoms with Crippen LogP contribution in [-0.4, -0.2) is 15.6 Å². The standard InChI is InChI=1S/C14H17NO2/c1-2-9-15-10-8-12-11(6-7-14(16)17)4-3-5-13(12)15/h3-5,8,10H,2,6-7,9H2,1H3,(H,16,17). The van der Waals surface area contributed by atoms with Gasteiger partial charge in [-0.1, -0.05) is 19.1 Å². The number of hydrogen-bond donors (Lipinski definition) is 1. The summed E-state index contributed by atoms with van der Waals surface area (Å²) in [6, 6.07) is 8.20. The van der Waals surface area contributed by atoms with Gasteiger partial charge in [0.25, 0.3) is 0 Å². The van der Waals surface area contributed by atoms with Crippen LogP contribution in [0.1, 0.15) is 25.3 Å². The second kappa shape index (κ2) is 5.04. The molecule has 1 aromatic carbocycles. The zero-order chi connectivity index (χ0) is 12.3. The molecule has 1 heterocycles. The largest absolute Gasteiger partial charge is 0.481 e. The van der Waals surface area contributed by atoms with Crippen LogP contribution in [0.3, 0.4) is 0 Å². The summed E-state index contributed by atoms with van der Waals surface area (Å²) in [4.78, 5) is 10.6. The Hall–Kier alpha value is -1.77. The lowest BCUT2D eigenvalue weighted by molar-refractivity contribution is -0.136. The van der Waals surface area contributed by atoms with Gasteiger partial charge in [0.2, 0.25) is 0 Å². The SMILES string of the molecule is CCCn1ccc2c(CCC(=O)O)cccc21. The van der Waals surface area contributed by atoms with Crippen LogP contribution < -0.4 is 0 Å². The molecule has 0 aliphatic rings. The Kier molecular flexibility index (Phi) is 3.47. The van der Waals surface area contributed by atoms with E-state index in [1.165, 1.54) is 10.9 Å². The molecule has 0 saturated carbocycles. The summed E-state index contributed by atoms with van der Waals surface area (Å²) in [5, 5.41) is 9.91. The number of aromatic nitrogens is 1. The van der Waals surface area contributed by atoms with Crippen LogP contribution in [0.15, 0.2) is 30.5 Å². The Labute approximate surface area is 101 Å². The maximum absolute atomic E-state index is 10.6. The quantitative estimate of drug-likeness (QED) is 0.859. The molecule has 0 aliphatic carbocycles. The van der Waals surface area contributed by atoms with E-state index in [0.717, 1.165) is 18.5 Å². The molecule has 17 heavy (non-hydrogen) atoms. The van der Waals surface area contributed by atoms with E-state index in [0.29, 0.717) is 6.42 Å². The fraction of sp³-hybridized carbons (Fsp3) is 0.357. The number of aliphatic carboxylic acids is 1. The Morgan fingerprint density at radius 2 is 2.18 bits per heavy atom. The molecule has 0 unspecified atom stereocenters. The monoisotopic (exact) mass is 231 g/mol. The second-order valence-corrected chi connectivity index (χ2v) is 4.25. The average Bonchev–Trinajstić information content (AvgIpc) is 2.71. The molecule has 0 radical (unpaired) electrons. The van der Waals surface area contributed by atoms with E-state index in [9.17, 15) is 4.79 Å². The van der Waals surface area contributed by atoms with Gasteiger partial charge in [-0.15, -0.1) is 0 Å². The van der Waals surface area contributed by atoms with Crippen molar-refractivity contribution < 1.29 is 9.90 Å². The third-order valence-electron chi connectivity index (χ3n) is 2.98. The lowest BCUT2D eigenvalue weighted by atomic mass is 10.1. The minimum Gasteiger partial charge on any atom is -0.481 e. The molecule has 0 saturated heterocycles. The van der Waals surface area contributed by atoms with Gasteiger partial charge in [-0.3, -0.25) is 4.79 Å². The molecular weight excluding hydrogens is 214 g/mol. The van der Waals surface area contributed by atoms with Gasteiger partial charge < -0.3 is 9.67 Å². The van der Waals surface area contributed by atoms with Gasteiger partial charge in [0.15, 0.2) is 0 Å². The summed E-state index contributed by atoms with van der Waals surface area (Å²) in [5.74, 6) is -0.741. The molecule has 0 amide bonds. The number of fused-ring (bicyclic) bond motifs is 1. The van der Waals surface area contributed by atoms with Gasteiger partial charge in [0.05, 0.1) is 0 Å². The highest BCUT2D eigenvalue weighted by atomic mass is 16.4. The number of benzene rings is 1. The molecule has 0 fully saturated rings. The fourth-order valence-electron chi connectivity index (χ4n) is 2.18. The number of rotatable bonds is 5. The second-order valence-electron chi connectivity index (χ2n) is 4.25. The molecule has 0 spiro atoms. The Morgan fingerprint density at radius 1 is 1.35 bits per heavy atom. The molecule has 3 nitrogen and oxygen atoms in total. The van der Waals surface area contributed by atoms with Crippen molar-refractivity contribution in [3.05, 3.63) is 36.0 Å². The van der Waals surface area contributed by atoms with E-state index in [1.807, 2.05) is 12.1 Å². The van der Waals surface area contributed by atoms with Gasteiger partial charge >= 0.3 is 5.97 Å². The van der Waals surface area contributed by atoms with Crippen molar-refractivity contribution in [1.82, 2.24) is 4.57 Å². The first-order valence-electron chi connectivity index (χ1n) is 6.01. The number of aryl methyl sites for hydroxylation is 2. The Morgan fingerprint density at radius 3 is 2.88 bits per heavy atom. The molecular formula is C14H17NO2. The van der Waals surface area contributed by atoms with Crippen molar-refractivity contribution in [2.75, 3.05) is 0 Å². The number of nitrogens with zero attached hydrogens (tertiary/aromatic N) is 1. The predicted molar refractivity (Wildman–Crippen MR) is 68.2 cm³/mol. The third kappa shape index (κ3) is 2.49. The summed E-state index contributed by atoms with van der Waals surface area (Å²) in [6.07, 6.45) is 3.97. The summed E-state index contributed by atoms with van der Waals surface area (Å²) in [6.45, 7) is 3.16. The predicted octanol–water partition coefficient (Wildman–Crippen LogP) is 3.07. The number of carbonyl (C=O) groups is 1. The van der Waals surface area contributed by atoms with E-state index in [2.05, 4.69) is 29.8 Å². The van der Waals surface area contributed by atoms with Gasteiger partial charge in [0, 0.05) is 30.1 Å². The lowest BCUT2D eigenvalue weighted by Gasteiger charge is -2.05. The molecule has 0 bridgehead atoms. The fourth-order valence-corrected chi connectivity index (χ4v) is 2.18. The number of carboxylic acids is 1. The topological polar surface area (TPSA) is 42.2 Å². The highest BCUT2D eigenvalue weighted by Crippen LogP contribution is 2.21. The van der Waals surface area contributed by atoms with Crippen LogP contribution >= 0.6 is 0 Å². The summed E-state index contributed by atoms with van der Waals surface area (Å²) < 4.78 is 2.22. The molecule has 90 valence electrons. The van der Waals surface area contributed by atoms with E-state index in [-0.39, 0.29) is 6.42 Å². The van der Waals surface area contributed by atoms with Gasteiger partial charge in [-0.05, 0) is 30.5 Å². The van der Waals surface area contributed by atoms with Crippen molar-refractivity contribution >= 4 is 16.9 Å². The number of carboxylic acid groups (broad SMARTS) is 1. The Bertz CT molecular complexity index is 528. The molecule has 2 aromatic rings. The summed E-state index contributed by atoms with van der Waals surface area (Å²) in [7, 11) is 0. The van der Waals surface area contributed by atoms with E-state index in [4.69, 9.17) is 5.11 Å². The van der Waals surface area contributed by atoms with Crippen molar-refractivity contribution in [2.45, 2.75) is 32.7 Å². The first kappa shape index (κ1) is 11.7. The first-order valence-corrected chi connectivity index (χ1v) is 6.01. The van der Waals surface area contributed by atoms with Crippen molar-refractivity contribution in [3.8, 4) is 0 Å². The third-order valence-corrected chi connectivity index (χ3v) is 2.98. The maximum Gasteiger partial charge on any atom is 0.303 e.